The highest BCUT2D eigenvalue weighted by Gasteiger charge is 2.13. The van der Waals surface area contributed by atoms with Crippen LogP contribution in [0.1, 0.15) is 12.0 Å². The number of rotatable bonds is 7. The first-order valence-corrected chi connectivity index (χ1v) is 7.78. The van der Waals surface area contributed by atoms with Gasteiger partial charge in [0.05, 0.1) is 7.11 Å². The molecular weight excluding hydrogens is 308 g/mol. The topological polar surface area (TPSA) is 68.8 Å². The molecule has 1 aliphatic heterocycles. The molecule has 0 unspecified atom stereocenters. The Hall–Kier alpha value is -2.89. The number of ether oxygens (including phenoxy) is 3. The number of amides is 1. The molecule has 2 aromatic rings. The van der Waals surface area contributed by atoms with Gasteiger partial charge in [-0.05, 0) is 42.0 Å². The number of carbonyl (C=O) groups is 1. The van der Waals surface area contributed by atoms with E-state index in [1.54, 1.807) is 7.11 Å². The van der Waals surface area contributed by atoms with Gasteiger partial charge in [0, 0.05) is 25.2 Å². The van der Waals surface area contributed by atoms with Crippen molar-refractivity contribution in [2.24, 2.45) is 0 Å². The molecule has 2 aromatic carbocycles. The van der Waals surface area contributed by atoms with Crippen LogP contribution >= 0.6 is 0 Å². The van der Waals surface area contributed by atoms with E-state index in [0.29, 0.717) is 19.5 Å². The first-order chi connectivity index (χ1) is 11.7. The minimum Gasteiger partial charge on any atom is -0.497 e. The van der Waals surface area contributed by atoms with Gasteiger partial charge in [0.2, 0.25) is 12.7 Å². The van der Waals surface area contributed by atoms with Crippen LogP contribution in [0.4, 0.5) is 5.69 Å². The molecule has 24 heavy (non-hydrogen) atoms. The molecule has 0 atom stereocenters. The third-order valence-electron chi connectivity index (χ3n) is 3.70. The molecule has 0 aromatic heterocycles. The van der Waals surface area contributed by atoms with Gasteiger partial charge >= 0.3 is 0 Å². The Labute approximate surface area is 140 Å². The standard InChI is InChI=1S/C18H20N2O4/c1-22-15-5-3-14(4-6-15)19-9-8-18(21)20-11-13-2-7-16-17(10-13)24-12-23-16/h2-7,10,19H,8-9,11-12H2,1H3,(H,20,21). The summed E-state index contributed by atoms with van der Waals surface area (Å²) in [5.74, 6) is 2.27. The van der Waals surface area contributed by atoms with E-state index in [-0.39, 0.29) is 12.7 Å². The molecule has 126 valence electrons. The quantitative estimate of drug-likeness (QED) is 0.817. The summed E-state index contributed by atoms with van der Waals surface area (Å²) in [6.45, 7) is 1.29. The van der Waals surface area contributed by atoms with Gasteiger partial charge in [0.15, 0.2) is 11.5 Å². The second-order valence-corrected chi connectivity index (χ2v) is 5.37. The van der Waals surface area contributed by atoms with Crippen molar-refractivity contribution in [1.82, 2.24) is 5.32 Å². The number of anilines is 1. The third-order valence-corrected chi connectivity index (χ3v) is 3.70. The zero-order chi connectivity index (χ0) is 16.8. The molecule has 0 bridgehead atoms. The maximum atomic E-state index is 11.9. The van der Waals surface area contributed by atoms with Crippen LogP contribution in [-0.4, -0.2) is 26.4 Å². The van der Waals surface area contributed by atoms with E-state index in [1.165, 1.54) is 0 Å². The zero-order valence-electron chi connectivity index (χ0n) is 13.5. The Morgan fingerprint density at radius 3 is 2.71 bits per heavy atom. The number of benzene rings is 2. The summed E-state index contributed by atoms with van der Waals surface area (Å²) < 4.78 is 15.7. The van der Waals surface area contributed by atoms with E-state index in [2.05, 4.69) is 10.6 Å². The molecule has 0 saturated carbocycles. The first kappa shape index (κ1) is 16.0. The lowest BCUT2D eigenvalue weighted by atomic mass is 10.2. The lowest BCUT2D eigenvalue weighted by Gasteiger charge is -2.08. The van der Waals surface area contributed by atoms with Gasteiger partial charge in [0.1, 0.15) is 5.75 Å². The van der Waals surface area contributed by atoms with E-state index < -0.39 is 0 Å². The van der Waals surface area contributed by atoms with Crippen LogP contribution in [0, 0.1) is 0 Å². The number of nitrogens with one attached hydrogen (secondary N) is 2. The summed E-state index contributed by atoms with van der Waals surface area (Å²) in [5, 5.41) is 6.11. The van der Waals surface area contributed by atoms with Gasteiger partial charge < -0.3 is 24.8 Å². The number of fused-ring (bicyclic) bond motifs is 1. The summed E-state index contributed by atoms with van der Waals surface area (Å²) >= 11 is 0. The molecular formula is C18H20N2O4. The average Bonchev–Trinajstić information content (AvgIpc) is 3.08. The van der Waals surface area contributed by atoms with E-state index in [0.717, 1.165) is 28.5 Å². The molecule has 0 fully saturated rings. The highest BCUT2D eigenvalue weighted by atomic mass is 16.7. The van der Waals surface area contributed by atoms with Crippen LogP contribution < -0.4 is 24.8 Å². The minimum absolute atomic E-state index is 0.00585. The summed E-state index contributed by atoms with van der Waals surface area (Å²) in [6.07, 6.45) is 0.399. The minimum atomic E-state index is -0.00585. The summed E-state index contributed by atoms with van der Waals surface area (Å²) in [4.78, 5) is 11.9. The van der Waals surface area contributed by atoms with Crippen LogP contribution in [0.3, 0.4) is 0 Å². The van der Waals surface area contributed by atoms with Crippen LogP contribution in [0.15, 0.2) is 42.5 Å². The fourth-order valence-electron chi connectivity index (χ4n) is 2.37. The normalized spacial score (nSPS) is 11.9. The fraction of sp³-hybridized carbons (Fsp3) is 0.278. The SMILES string of the molecule is COc1ccc(NCCC(=O)NCc2ccc3c(c2)OCO3)cc1. The second-order valence-electron chi connectivity index (χ2n) is 5.37. The molecule has 0 radical (unpaired) electrons. The van der Waals surface area contributed by atoms with E-state index in [4.69, 9.17) is 14.2 Å². The third kappa shape index (κ3) is 4.10. The maximum absolute atomic E-state index is 11.9. The van der Waals surface area contributed by atoms with Crippen molar-refractivity contribution < 1.29 is 19.0 Å². The lowest BCUT2D eigenvalue weighted by Crippen LogP contribution is -2.24. The molecule has 1 aliphatic rings. The molecule has 1 amide bonds. The predicted molar refractivity (Wildman–Crippen MR) is 90.5 cm³/mol. The maximum Gasteiger partial charge on any atom is 0.231 e. The highest BCUT2D eigenvalue weighted by Crippen LogP contribution is 2.32. The van der Waals surface area contributed by atoms with Crippen LogP contribution in [0.25, 0.3) is 0 Å². The Bertz CT molecular complexity index is 701. The lowest BCUT2D eigenvalue weighted by molar-refractivity contribution is -0.121. The Morgan fingerprint density at radius 1 is 1.12 bits per heavy atom. The average molecular weight is 328 g/mol. The summed E-state index contributed by atoms with van der Waals surface area (Å²) in [5.41, 5.74) is 1.94. The highest BCUT2D eigenvalue weighted by molar-refractivity contribution is 5.76. The van der Waals surface area contributed by atoms with E-state index >= 15 is 0 Å². The zero-order valence-corrected chi connectivity index (χ0v) is 13.5. The summed E-state index contributed by atoms with van der Waals surface area (Å²) in [6, 6.07) is 13.3. The fourth-order valence-corrected chi connectivity index (χ4v) is 2.37. The molecule has 0 aliphatic carbocycles. The van der Waals surface area contributed by atoms with Crippen molar-refractivity contribution in [1.29, 1.82) is 0 Å². The predicted octanol–water partition coefficient (Wildman–Crippen LogP) is 2.54. The molecule has 0 saturated heterocycles. The molecule has 6 nitrogen and oxygen atoms in total. The largest absolute Gasteiger partial charge is 0.497 e. The van der Waals surface area contributed by atoms with Gasteiger partial charge in [0.25, 0.3) is 0 Å². The van der Waals surface area contributed by atoms with Crippen LogP contribution in [0.5, 0.6) is 17.2 Å². The van der Waals surface area contributed by atoms with Gasteiger partial charge in [-0.2, -0.15) is 0 Å². The van der Waals surface area contributed by atoms with Crippen molar-refractivity contribution in [3.63, 3.8) is 0 Å². The van der Waals surface area contributed by atoms with Gasteiger partial charge in [-0.1, -0.05) is 6.07 Å². The second kappa shape index (κ2) is 7.59. The number of carbonyl (C=O) groups excluding carboxylic acids is 1. The monoisotopic (exact) mass is 328 g/mol. The van der Waals surface area contributed by atoms with Crippen LogP contribution in [0.2, 0.25) is 0 Å². The number of methoxy groups -OCH3 is 1. The number of hydrogen-bond acceptors (Lipinski definition) is 5. The molecule has 0 spiro atoms. The molecule has 1 heterocycles. The summed E-state index contributed by atoms with van der Waals surface area (Å²) in [7, 11) is 1.63. The Kier molecular flexibility index (Phi) is 5.05. The smallest absolute Gasteiger partial charge is 0.231 e. The van der Waals surface area contributed by atoms with Crippen molar-refractivity contribution >= 4 is 11.6 Å². The van der Waals surface area contributed by atoms with Gasteiger partial charge in [-0.3, -0.25) is 4.79 Å². The molecule has 2 N–H and O–H groups in total. The van der Waals surface area contributed by atoms with Gasteiger partial charge in [-0.25, -0.2) is 0 Å². The van der Waals surface area contributed by atoms with E-state index in [1.807, 2.05) is 42.5 Å². The molecule has 3 rings (SSSR count). The van der Waals surface area contributed by atoms with Crippen molar-refractivity contribution in [2.75, 3.05) is 25.8 Å². The van der Waals surface area contributed by atoms with Gasteiger partial charge in [-0.15, -0.1) is 0 Å². The Morgan fingerprint density at radius 2 is 1.92 bits per heavy atom. The molecule has 6 heteroatoms. The number of hydrogen-bond donors (Lipinski definition) is 2. The van der Waals surface area contributed by atoms with Crippen molar-refractivity contribution in [2.45, 2.75) is 13.0 Å². The first-order valence-electron chi connectivity index (χ1n) is 7.78. The van der Waals surface area contributed by atoms with Crippen LogP contribution in [-0.2, 0) is 11.3 Å². The van der Waals surface area contributed by atoms with Crippen molar-refractivity contribution in [3.05, 3.63) is 48.0 Å². The van der Waals surface area contributed by atoms with Crippen molar-refractivity contribution in [3.8, 4) is 17.2 Å². The van der Waals surface area contributed by atoms with E-state index in [9.17, 15) is 4.79 Å². The Balaban J connectivity index is 1.39.